The number of hydrogen-bond donors (Lipinski definition) is 2. The molecule has 0 saturated heterocycles. The van der Waals surface area contributed by atoms with Gasteiger partial charge in [0.1, 0.15) is 17.3 Å². The standard InChI is InChI=1S/C38H41Cl2N3O4/c1-3-5-6-21-43-24-35(32-20-15-29(39)23-33(32)40)41-36(43)34(42-37(44)27-11-7-25(4-2)8-12-27)22-26-9-16-30(17-10-26)47-31-18-13-28(14-19-31)38(45)46/h5-6,9-10,13-20,23-25,27,34H,3-4,7-8,11-12,21-22H2,1-2H3,(H,42,44)(H,45,46)/b6-5+/t25?,27?,34-/m0/s1. The van der Waals surface area contributed by atoms with Gasteiger partial charge >= 0.3 is 5.97 Å². The molecule has 246 valence electrons. The van der Waals surface area contributed by atoms with Crippen LogP contribution in [-0.4, -0.2) is 26.5 Å². The molecule has 2 N–H and O–H groups in total. The van der Waals surface area contributed by atoms with Gasteiger partial charge in [-0.25, -0.2) is 9.78 Å². The van der Waals surface area contributed by atoms with Crippen molar-refractivity contribution in [2.75, 3.05) is 0 Å². The van der Waals surface area contributed by atoms with Crippen LogP contribution >= 0.6 is 23.2 Å². The number of carbonyl (C=O) groups is 2. The summed E-state index contributed by atoms with van der Waals surface area (Å²) in [6, 6.07) is 19.0. The molecule has 1 heterocycles. The van der Waals surface area contributed by atoms with Gasteiger partial charge in [-0.1, -0.05) is 67.8 Å². The number of carbonyl (C=O) groups excluding carboxylic acids is 1. The molecule has 0 spiro atoms. The number of nitrogens with one attached hydrogen (secondary N) is 1. The summed E-state index contributed by atoms with van der Waals surface area (Å²) >= 11 is 12.8. The molecule has 4 aromatic rings. The largest absolute Gasteiger partial charge is 0.478 e. The van der Waals surface area contributed by atoms with E-state index in [1.54, 1.807) is 24.3 Å². The number of ether oxygens (including phenoxy) is 1. The first-order valence-electron chi connectivity index (χ1n) is 16.3. The average molecular weight is 675 g/mol. The summed E-state index contributed by atoms with van der Waals surface area (Å²) in [5.74, 6) is 1.68. The van der Waals surface area contributed by atoms with Crippen molar-refractivity contribution < 1.29 is 19.4 Å². The number of amides is 1. The number of rotatable bonds is 13. The van der Waals surface area contributed by atoms with Crippen molar-refractivity contribution in [1.82, 2.24) is 14.9 Å². The molecule has 1 atom stereocenters. The predicted molar refractivity (Wildman–Crippen MR) is 187 cm³/mol. The maximum atomic E-state index is 13.8. The van der Waals surface area contributed by atoms with Crippen molar-refractivity contribution in [2.45, 2.75) is 71.4 Å². The Balaban J connectivity index is 1.43. The fraction of sp³-hybridized carbons (Fsp3) is 0.342. The molecule has 1 aromatic heterocycles. The van der Waals surface area contributed by atoms with E-state index >= 15 is 0 Å². The average Bonchev–Trinajstić information content (AvgIpc) is 3.49. The Morgan fingerprint density at radius 2 is 1.66 bits per heavy atom. The number of aromatic carboxylic acids is 1. The summed E-state index contributed by atoms with van der Waals surface area (Å²) in [6.45, 7) is 4.92. The topological polar surface area (TPSA) is 93.5 Å². The van der Waals surface area contributed by atoms with Crippen LogP contribution in [0.1, 0.15) is 80.2 Å². The van der Waals surface area contributed by atoms with Crippen molar-refractivity contribution in [3.05, 3.63) is 112 Å². The maximum absolute atomic E-state index is 13.8. The molecule has 1 saturated carbocycles. The van der Waals surface area contributed by atoms with Gasteiger partial charge < -0.3 is 19.7 Å². The number of imidazole rings is 1. The van der Waals surface area contributed by atoms with Crippen molar-refractivity contribution in [3.63, 3.8) is 0 Å². The molecule has 0 radical (unpaired) electrons. The van der Waals surface area contributed by atoms with Gasteiger partial charge in [-0.3, -0.25) is 4.79 Å². The second-order valence-electron chi connectivity index (χ2n) is 12.1. The number of aromatic nitrogens is 2. The number of carboxylic acids is 1. The number of benzene rings is 3. The minimum atomic E-state index is -0.985. The molecule has 0 aliphatic heterocycles. The Kier molecular flexibility index (Phi) is 11.8. The van der Waals surface area contributed by atoms with Gasteiger partial charge in [0.25, 0.3) is 0 Å². The van der Waals surface area contributed by atoms with E-state index in [0.29, 0.717) is 46.1 Å². The van der Waals surface area contributed by atoms with Gasteiger partial charge in [0.2, 0.25) is 5.91 Å². The lowest BCUT2D eigenvalue weighted by atomic mass is 9.80. The predicted octanol–water partition coefficient (Wildman–Crippen LogP) is 9.93. The fourth-order valence-electron chi connectivity index (χ4n) is 6.10. The van der Waals surface area contributed by atoms with E-state index in [1.165, 1.54) is 12.1 Å². The highest BCUT2D eigenvalue weighted by atomic mass is 35.5. The molecule has 1 aliphatic rings. The van der Waals surface area contributed by atoms with Gasteiger partial charge in [-0.05, 0) is 105 Å². The van der Waals surface area contributed by atoms with E-state index in [9.17, 15) is 9.59 Å². The monoisotopic (exact) mass is 673 g/mol. The lowest BCUT2D eigenvalue weighted by molar-refractivity contribution is -0.127. The van der Waals surface area contributed by atoms with Gasteiger partial charge in [0.15, 0.2) is 0 Å². The third kappa shape index (κ3) is 9.05. The van der Waals surface area contributed by atoms with E-state index in [1.807, 2.05) is 36.5 Å². The van der Waals surface area contributed by atoms with Crippen LogP contribution in [0.5, 0.6) is 11.5 Å². The summed E-state index contributed by atoms with van der Waals surface area (Å²) < 4.78 is 8.04. The second kappa shape index (κ2) is 16.2. The number of allylic oxidation sites excluding steroid dienone is 2. The molecule has 47 heavy (non-hydrogen) atoms. The summed E-state index contributed by atoms with van der Waals surface area (Å²) in [5.41, 5.74) is 2.69. The Labute approximate surface area is 286 Å². The quantitative estimate of drug-likeness (QED) is 0.138. The fourth-order valence-corrected chi connectivity index (χ4v) is 6.60. The van der Waals surface area contributed by atoms with Crippen molar-refractivity contribution in [2.24, 2.45) is 11.8 Å². The first kappa shape index (κ1) is 34.3. The van der Waals surface area contributed by atoms with Crippen LogP contribution in [0.2, 0.25) is 10.0 Å². The minimum absolute atomic E-state index is 0.0165. The van der Waals surface area contributed by atoms with E-state index in [0.717, 1.165) is 55.5 Å². The molecule has 1 amide bonds. The van der Waals surface area contributed by atoms with E-state index in [-0.39, 0.29) is 17.4 Å². The number of carboxylic acid groups (broad SMARTS) is 1. The molecule has 1 fully saturated rings. The Hall–Kier alpha value is -4.07. The summed E-state index contributed by atoms with van der Waals surface area (Å²) in [5, 5.41) is 13.6. The summed E-state index contributed by atoms with van der Waals surface area (Å²) in [7, 11) is 0. The van der Waals surface area contributed by atoms with Crippen LogP contribution in [0.3, 0.4) is 0 Å². The highest BCUT2D eigenvalue weighted by Gasteiger charge is 2.29. The minimum Gasteiger partial charge on any atom is -0.478 e. The molecule has 0 unspecified atom stereocenters. The summed E-state index contributed by atoms with van der Waals surface area (Å²) in [6.07, 6.45) is 12.8. The number of halogens is 2. The third-order valence-electron chi connectivity index (χ3n) is 8.84. The number of nitrogens with zero attached hydrogens (tertiary/aromatic N) is 2. The highest BCUT2D eigenvalue weighted by molar-refractivity contribution is 6.36. The van der Waals surface area contributed by atoms with Crippen LogP contribution < -0.4 is 10.1 Å². The zero-order valence-corrected chi connectivity index (χ0v) is 28.3. The molecule has 0 bridgehead atoms. The van der Waals surface area contributed by atoms with Crippen LogP contribution in [-0.2, 0) is 17.8 Å². The maximum Gasteiger partial charge on any atom is 0.335 e. The zero-order valence-electron chi connectivity index (χ0n) is 26.8. The lowest BCUT2D eigenvalue weighted by Crippen LogP contribution is -2.37. The molecule has 7 nitrogen and oxygen atoms in total. The Morgan fingerprint density at radius 1 is 0.979 bits per heavy atom. The molecular formula is C38H41Cl2N3O4. The zero-order chi connectivity index (χ0) is 33.3. The molecule has 3 aromatic carbocycles. The van der Waals surface area contributed by atoms with Crippen LogP contribution in [0, 0.1) is 11.8 Å². The Bertz CT molecular complexity index is 1690. The normalized spacial score (nSPS) is 17.0. The molecule has 9 heteroatoms. The highest BCUT2D eigenvalue weighted by Crippen LogP contribution is 2.34. The van der Waals surface area contributed by atoms with Gasteiger partial charge in [-0.2, -0.15) is 0 Å². The van der Waals surface area contributed by atoms with Crippen LogP contribution in [0.4, 0.5) is 0 Å². The summed E-state index contributed by atoms with van der Waals surface area (Å²) in [4.78, 5) is 30.0. The van der Waals surface area contributed by atoms with Crippen LogP contribution in [0.15, 0.2) is 85.1 Å². The van der Waals surface area contributed by atoms with E-state index in [2.05, 4.69) is 35.9 Å². The van der Waals surface area contributed by atoms with Gasteiger partial charge in [-0.15, -0.1) is 0 Å². The van der Waals surface area contributed by atoms with Crippen molar-refractivity contribution in [1.29, 1.82) is 0 Å². The molecule has 1 aliphatic carbocycles. The Morgan fingerprint density at radius 3 is 2.28 bits per heavy atom. The van der Waals surface area contributed by atoms with E-state index < -0.39 is 12.0 Å². The van der Waals surface area contributed by atoms with Gasteiger partial charge in [0.05, 0.1) is 22.3 Å². The SMILES string of the molecule is CC/C=C/Cn1cc(-c2ccc(Cl)cc2Cl)nc1[C@H](Cc1ccc(Oc2ccc(C(=O)O)cc2)cc1)NC(=O)C1CCC(CC)CC1. The first-order valence-corrected chi connectivity index (χ1v) is 17.1. The number of hydrogen-bond acceptors (Lipinski definition) is 4. The van der Waals surface area contributed by atoms with Crippen LogP contribution in [0.25, 0.3) is 11.3 Å². The smallest absolute Gasteiger partial charge is 0.335 e. The van der Waals surface area contributed by atoms with Crippen molar-refractivity contribution in [3.8, 4) is 22.8 Å². The third-order valence-corrected chi connectivity index (χ3v) is 9.39. The second-order valence-corrected chi connectivity index (χ2v) is 13.0. The molecule has 5 rings (SSSR count). The van der Waals surface area contributed by atoms with Crippen molar-refractivity contribution >= 4 is 35.1 Å². The first-order chi connectivity index (χ1) is 22.7. The van der Waals surface area contributed by atoms with Gasteiger partial charge in [0, 0.05) is 29.2 Å². The lowest BCUT2D eigenvalue weighted by Gasteiger charge is -2.29. The molecular weight excluding hydrogens is 633 g/mol. The van der Waals surface area contributed by atoms with E-state index in [4.69, 9.17) is 38.0 Å².